The fourth-order valence-corrected chi connectivity index (χ4v) is 3.73. The van der Waals surface area contributed by atoms with Crippen LogP contribution < -0.4 is 4.72 Å². The van der Waals surface area contributed by atoms with Gasteiger partial charge in [0.1, 0.15) is 17.3 Å². The first-order valence-corrected chi connectivity index (χ1v) is 9.82. The standard InChI is InChI=1S/C16H17FN2O5S2/c1-19(10-12-5-4-8-25-12)15(20)11-24-16(21)9-18-26(22,23)14-7-3-2-6-13(14)17/h2-8,18H,9-11H2,1H3. The van der Waals surface area contributed by atoms with Gasteiger partial charge in [0.05, 0.1) is 6.54 Å². The van der Waals surface area contributed by atoms with Gasteiger partial charge in [0.15, 0.2) is 6.61 Å². The highest BCUT2D eigenvalue weighted by Gasteiger charge is 2.20. The summed E-state index contributed by atoms with van der Waals surface area (Å²) in [6.07, 6.45) is 0. The number of hydrogen-bond acceptors (Lipinski definition) is 6. The van der Waals surface area contributed by atoms with E-state index in [1.807, 2.05) is 22.2 Å². The van der Waals surface area contributed by atoms with Crippen LogP contribution in [0.1, 0.15) is 4.88 Å². The van der Waals surface area contributed by atoms with Crippen LogP contribution in [0.5, 0.6) is 0 Å². The van der Waals surface area contributed by atoms with E-state index in [1.54, 1.807) is 7.05 Å². The number of amides is 1. The van der Waals surface area contributed by atoms with Gasteiger partial charge in [-0.3, -0.25) is 9.59 Å². The highest BCUT2D eigenvalue weighted by atomic mass is 32.2. The van der Waals surface area contributed by atoms with Gasteiger partial charge < -0.3 is 9.64 Å². The summed E-state index contributed by atoms with van der Waals surface area (Å²) in [5.74, 6) is -2.30. The van der Waals surface area contributed by atoms with Crippen LogP contribution in [0.3, 0.4) is 0 Å². The summed E-state index contributed by atoms with van der Waals surface area (Å²) >= 11 is 1.49. The van der Waals surface area contributed by atoms with Crippen LogP contribution in [0.25, 0.3) is 0 Å². The van der Waals surface area contributed by atoms with E-state index in [1.165, 1.54) is 28.4 Å². The molecule has 26 heavy (non-hydrogen) atoms. The zero-order valence-electron chi connectivity index (χ0n) is 13.8. The Hall–Kier alpha value is -2.30. The van der Waals surface area contributed by atoms with Crippen molar-refractivity contribution in [1.29, 1.82) is 0 Å². The van der Waals surface area contributed by atoms with E-state index in [-0.39, 0.29) is 0 Å². The number of nitrogens with zero attached hydrogens (tertiary/aromatic N) is 1. The second-order valence-electron chi connectivity index (χ2n) is 5.24. The van der Waals surface area contributed by atoms with Crippen molar-refractivity contribution in [2.24, 2.45) is 0 Å². The lowest BCUT2D eigenvalue weighted by Crippen LogP contribution is -2.34. The first kappa shape index (κ1) is 20.0. The maximum atomic E-state index is 13.5. The predicted molar refractivity (Wildman–Crippen MR) is 93.3 cm³/mol. The van der Waals surface area contributed by atoms with Crippen molar-refractivity contribution in [2.45, 2.75) is 11.4 Å². The van der Waals surface area contributed by atoms with E-state index < -0.39 is 45.8 Å². The van der Waals surface area contributed by atoms with Crippen molar-refractivity contribution < 1.29 is 27.1 Å². The minimum Gasteiger partial charge on any atom is -0.455 e. The summed E-state index contributed by atoms with van der Waals surface area (Å²) in [6, 6.07) is 8.51. The lowest BCUT2D eigenvalue weighted by Gasteiger charge is -2.16. The summed E-state index contributed by atoms with van der Waals surface area (Å²) in [4.78, 5) is 25.3. The smallest absolute Gasteiger partial charge is 0.321 e. The second kappa shape index (κ2) is 8.88. The number of benzene rings is 1. The Morgan fingerprint density at radius 2 is 1.96 bits per heavy atom. The van der Waals surface area contributed by atoms with E-state index in [2.05, 4.69) is 0 Å². The molecule has 0 aliphatic rings. The fourth-order valence-electron chi connectivity index (χ4n) is 1.92. The predicted octanol–water partition coefficient (Wildman–Crippen LogP) is 1.37. The Bertz CT molecular complexity index is 869. The van der Waals surface area contributed by atoms with Crippen LogP contribution in [-0.2, 0) is 30.9 Å². The quantitative estimate of drug-likeness (QED) is 0.676. The Labute approximate surface area is 154 Å². The number of thiophene rings is 1. The average molecular weight is 400 g/mol. The molecule has 1 aromatic carbocycles. The molecular formula is C16H17FN2O5S2. The number of likely N-dealkylation sites (N-methyl/N-ethyl adjacent to an activating group) is 1. The maximum absolute atomic E-state index is 13.5. The number of carbonyl (C=O) groups is 2. The van der Waals surface area contributed by atoms with Gasteiger partial charge >= 0.3 is 5.97 Å². The molecule has 1 amide bonds. The van der Waals surface area contributed by atoms with Crippen LogP contribution in [0, 0.1) is 5.82 Å². The molecule has 140 valence electrons. The Balaban J connectivity index is 1.80. The number of sulfonamides is 1. The minimum atomic E-state index is -4.19. The van der Waals surface area contributed by atoms with E-state index >= 15 is 0 Å². The van der Waals surface area contributed by atoms with Crippen molar-refractivity contribution in [2.75, 3.05) is 20.2 Å². The molecule has 10 heteroatoms. The van der Waals surface area contributed by atoms with Crippen LogP contribution in [0.4, 0.5) is 4.39 Å². The van der Waals surface area contributed by atoms with Gasteiger partial charge in [-0.15, -0.1) is 11.3 Å². The molecule has 0 aliphatic heterocycles. The first-order valence-electron chi connectivity index (χ1n) is 7.46. The van der Waals surface area contributed by atoms with E-state index in [9.17, 15) is 22.4 Å². The number of hydrogen-bond donors (Lipinski definition) is 1. The summed E-state index contributed by atoms with van der Waals surface area (Å²) < 4.78 is 44.1. The lowest BCUT2D eigenvalue weighted by molar-refractivity contribution is -0.150. The Kier molecular flexibility index (Phi) is 6.83. The van der Waals surface area contributed by atoms with E-state index in [0.29, 0.717) is 6.54 Å². The molecule has 1 N–H and O–H groups in total. The molecule has 1 aromatic heterocycles. The third-order valence-corrected chi connectivity index (χ3v) is 5.58. The van der Waals surface area contributed by atoms with Crippen LogP contribution in [0.2, 0.25) is 0 Å². The molecule has 0 unspecified atom stereocenters. The number of halogens is 1. The zero-order chi connectivity index (χ0) is 19.2. The van der Waals surface area contributed by atoms with Gasteiger partial charge in [-0.1, -0.05) is 18.2 Å². The van der Waals surface area contributed by atoms with Gasteiger partial charge in [0.2, 0.25) is 10.0 Å². The summed E-state index contributed by atoms with van der Waals surface area (Å²) in [7, 11) is -2.63. The summed E-state index contributed by atoms with van der Waals surface area (Å²) in [5.41, 5.74) is 0. The molecule has 0 saturated heterocycles. The highest BCUT2D eigenvalue weighted by molar-refractivity contribution is 7.89. The molecule has 0 spiro atoms. The monoisotopic (exact) mass is 400 g/mol. The van der Waals surface area contributed by atoms with E-state index in [0.717, 1.165) is 17.0 Å². The molecule has 0 saturated carbocycles. The molecule has 0 radical (unpaired) electrons. The van der Waals surface area contributed by atoms with Crippen molar-refractivity contribution in [3.8, 4) is 0 Å². The van der Waals surface area contributed by atoms with Gasteiger partial charge in [0.25, 0.3) is 5.91 Å². The maximum Gasteiger partial charge on any atom is 0.321 e. The van der Waals surface area contributed by atoms with Gasteiger partial charge in [-0.25, -0.2) is 12.8 Å². The number of rotatable bonds is 8. The molecule has 2 rings (SSSR count). The highest BCUT2D eigenvalue weighted by Crippen LogP contribution is 2.13. The number of nitrogens with one attached hydrogen (secondary N) is 1. The Morgan fingerprint density at radius 1 is 1.23 bits per heavy atom. The fraction of sp³-hybridized carbons (Fsp3) is 0.250. The molecule has 0 atom stereocenters. The third kappa shape index (κ3) is 5.61. The molecule has 1 heterocycles. The van der Waals surface area contributed by atoms with Crippen LogP contribution >= 0.6 is 11.3 Å². The number of ether oxygens (including phenoxy) is 1. The van der Waals surface area contributed by atoms with Gasteiger partial charge in [-0.2, -0.15) is 4.72 Å². The van der Waals surface area contributed by atoms with E-state index in [4.69, 9.17) is 4.74 Å². The van der Waals surface area contributed by atoms with Crippen molar-refractivity contribution in [3.63, 3.8) is 0 Å². The molecule has 7 nitrogen and oxygen atoms in total. The first-order chi connectivity index (χ1) is 12.3. The van der Waals surface area contributed by atoms with Gasteiger partial charge in [0, 0.05) is 11.9 Å². The topological polar surface area (TPSA) is 92.8 Å². The third-order valence-electron chi connectivity index (χ3n) is 3.29. The number of esters is 1. The average Bonchev–Trinajstić information content (AvgIpc) is 3.11. The SMILES string of the molecule is CN(Cc1cccs1)C(=O)COC(=O)CNS(=O)(=O)c1ccccc1F. The zero-order valence-corrected chi connectivity index (χ0v) is 15.5. The molecule has 0 bridgehead atoms. The normalized spacial score (nSPS) is 11.2. The second-order valence-corrected chi connectivity index (χ2v) is 8.01. The molecular weight excluding hydrogens is 383 g/mol. The summed E-state index contributed by atoms with van der Waals surface area (Å²) in [6.45, 7) is -0.839. The largest absolute Gasteiger partial charge is 0.455 e. The number of carbonyl (C=O) groups excluding carboxylic acids is 2. The van der Waals surface area contributed by atoms with Crippen molar-refractivity contribution in [1.82, 2.24) is 9.62 Å². The minimum absolute atomic E-state index is 0.383. The molecule has 2 aromatic rings. The molecule has 0 aliphatic carbocycles. The Morgan fingerprint density at radius 3 is 2.62 bits per heavy atom. The van der Waals surface area contributed by atoms with Crippen LogP contribution in [0.15, 0.2) is 46.7 Å². The summed E-state index contributed by atoms with van der Waals surface area (Å²) in [5, 5.41) is 1.88. The van der Waals surface area contributed by atoms with Crippen molar-refractivity contribution in [3.05, 3.63) is 52.5 Å². The van der Waals surface area contributed by atoms with Gasteiger partial charge in [-0.05, 0) is 23.6 Å². The lowest BCUT2D eigenvalue weighted by atomic mass is 10.4. The van der Waals surface area contributed by atoms with Crippen LogP contribution in [-0.4, -0.2) is 45.4 Å². The molecule has 0 fully saturated rings. The van der Waals surface area contributed by atoms with Crippen molar-refractivity contribution >= 4 is 33.2 Å².